The molecule has 16 heavy (non-hydrogen) atoms. The number of hydrogen-bond acceptors (Lipinski definition) is 4. The summed E-state index contributed by atoms with van der Waals surface area (Å²) < 4.78 is 22.9. The van der Waals surface area contributed by atoms with Crippen LogP contribution in [0, 0.1) is 0 Å². The Morgan fingerprint density at radius 1 is 1.31 bits per heavy atom. The number of hydrogen-bond donors (Lipinski definition) is 2. The first-order valence-corrected chi connectivity index (χ1v) is 4.85. The summed E-state index contributed by atoms with van der Waals surface area (Å²) in [6.07, 6.45) is 0. The van der Waals surface area contributed by atoms with Gasteiger partial charge in [-0.1, -0.05) is 0 Å². The molecule has 0 spiro atoms. The van der Waals surface area contributed by atoms with Crippen molar-refractivity contribution in [3.63, 3.8) is 0 Å². The van der Waals surface area contributed by atoms with E-state index in [1.54, 1.807) is 12.1 Å². The summed E-state index contributed by atoms with van der Waals surface area (Å²) in [6.45, 7) is -0.882. The maximum absolute atomic E-state index is 12.7. The molecule has 3 N–H and O–H groups in total. The summed E-state index contributed by atoms with van der Waals surface area (Å²) in [5.74, 6) is 0.892. The fraction of sp³-hybridized carbons (Fsp3) is 0.455. The Hall–Kier alpha value is -1.33. The summed E-state index contributed by atoms with van der Waals surface area (Å²) in [6, 6.07) is 2.53. The zero-order valence-corrected chi connectivity index (χ0v) is 9.37. The molecule has 4 nitrogen and oxygen atoms in total. The molecule has 0 bridgehead atoms. The molecule has 5 heteroatoms. The molecular formula is C11H16FNO3. The van der Waals surface area contributed by atoms with Crippen molar-refractivity contribution >= 4 is 0 Å². The highest BCUT2D eigenvalue weighted by molar-refractivity contribution is 5.47. The second kappa shape index (κ2) is 5.67. The minimum atomic E-state index is -0.654. The number of methoxy groups -OCH3 is 2. The maximum Gasteiger partial charge on any atom is 0.128 e. The average Bonchev–Trinajstić information content (AvgIpc) is 2.35. The topological polar surface area (TPSA) is 64.7 Å². The van der Waals surface area contributed by atoms with Crippen LogP contribution in [0.25, 0.3) is 0 Å². The molecule has 0 aliphatic rings. The third kappa shape index (κ3) is 2.43. The molecule has 0 fully saturated rings. The fourth-order valence-corrected chi connectivity index (χ4v) is 1.48. The van der Waals surface area contributed by atoms with E-state index in [0.29, 0.717) is 22.6 Å². The van der Waals surface area contributed by atoms with Gasteiger partial charge in [0, 0.05) is 17.2 Å². The normalized spacial score (nSPS) is 12.3. The Morgan fingerprint density at radius 2 is 1.94 bits per heavy atom. The average molecular weight is 229 g/mol. The van der Waals surface area contributed by atoms with Crippen LogP contribution in [0.15, 0.2) is 12.1 Å². The molecule has 0 heterocycles. The molecule has 0 saturated carbocycles. The van der Waals surface area contributed by atoms with Crippen molar-refractivity contribution in [2.24, 2.45) is 5.73 Å². The van der Waals surface area contributed by atoms with Crippen molar-refractivity contribution in [1.82, 2.24) is 0 Å². The van der Waals surface area contributed by atoms with Crippen LogP contribution in [0.5, 0.6) is 11.5 Å². The molecule has 0 radical (unpaired) electrons. The van der Waals surface area contributed by atoms with Crippen molar-refractivity contribution in [3.8, 4) is 11.5 Å². The Morgan fingerprint density at radius 3 is 2.38 bits per heavy atom. The van der Waals surface area contributed by atoms with Crippen LogP contribution in [-0.2, 0) is 6.67 Å². The third-order valence-electron chi connectivity index (χ3n) is 2.37. The van der Waals surface area contributed by atoms with Crippen LogP contribution in [0.1, 0.15) is 17.2 Å². The highest BCUT2D eigenvalue weighted by atomic mass is 19.1. The van der Waals surface area contributed by atoms with Crippen LogP contribution in [0.2, 0.25) is 0 Å². The number of aliphatic hydroxyl groups excluding tert-OH is 1. The Kier molecular flexibility index (Phi) is 4.52. The molecule has 0 amide bonds. The first-order chi connectivity index (χ1) is 7.67. The number of halogens is 1. The fourth-order valence-electron chi connectivity index (χ4n) is 1.48. The first-order valence-electron chi connectivity index (χ1n) is 4.85. The van der Waals surface area contributed by atoms with Crippen molar-refractivity contribution in [2.45, 2.75) is 12.7 Å². The van der Waals surface area contributed by atoms with E-state index >= 15 is 0 Å². The van der Waals surface area contributed by atoms with Gasteiger partial charge in [-0.2, -0.15) is 0 Å². The van der Waals surface area contributed by atoms with E-state index in [4.69, 9.17) is 20.3 Å². The van der Waals surface area contributed by atoms with E-state index in [2.05, 4.69) is 0 Å². The smallest absolute Gasteiger partial charge is 0.128 e. The van der Waals surface area contributed by atoms with E-state index in [1.807, 2.05) is 0 Å². The number of rotatable bonds is 5. The number of aliphatic hydroxyl groups is 1. The van der Waals surface area contributed by atoms with Crippen LogP contribution < -0.4 is 15.2 Å². The molecule has 1 rings (SSSR count). The quantitative estimate of drug-likeness (QED) is 0.795. The number of benzene rings is 1. The van der Waals surface area contributed by atoms with Crippen molar-refractivity contribution in [2.75, 3.05) is 20.8 Å². The second-order valence-corrected chi connectivity index (χ2v) is 3.33. The Bertz CT molecular complexity index is 357. The van der Waals surface area contributed by atoms with Gasteiger partial charge in [0.25, 0.3) is 0 Å². The largest absolute Gasteiger partial charge is 0.496 e. The SMILES string of the molecule is COc1cc(OC)c(C(N)CO)cc1CF. The van der Waals surface area contributed by atoms with Gasteiger partial charge in [-0.3, -0.25) is 0 Å². The van der Waals surface area contributed by atoms with Gasteiger partial charge < -0.3 is 20.3 Å². The van der Waals surface area contributed by atoms with Crippen LogP contribution in [0.3, 0.4) is 0 Å². The number of ether oxygens (including phenoxy) is 2. The zero-order valence-electron chi connectivity index (χ0n) is 9.37. The van der Waals surface area contributed by atoms with E-state index in [9.17, 15) is 4.39 Å². The van der Waals surface area contributed by atoms with Gasteiger partial charge in [-0.05, 0) is 6.07 Å². The maximum atomic E-state index is 12.7. The lowest BCUT2D eigenvalue weighted by Gasteiger charge is -2.16. The lowest BCUT2D eigenvalue weighted by molar-refractivity contribution is 0.264. The minimum absolute atomic E-state index is 0.228. The lowest BCUT2D eigenvalue weighted by atomic mass is 10.0. The Balaban J connectivity index is 3.25. The van der Waals surface area contributed by atoms with Gasteiger partial charge in [-0.15, -0.1) is 0 Å². The van der Waals surface area contributed by atoms with Crippen LogP contribution >= 0.6 is 0 Å². The van der Waals surface area contributed by atoms with Crippen molar-refractivity contribution in [3.05, 3.63) is 23.3 Å². The highest BCUT2D eigenvalue weighted by Crippen LogP contribution is 2.32. The van der Waals surface area contributed by atoms with Crippen molar-refractivity contribution < 1.29 is 19.0 Å². The molecule has 1 aromatic rings. The van der Waals surface area contributed by atoms with Gasteiger partial charge >= 0.3 is 0 Å². The second-order valence-electron chi connectivity index (χ2n) is 3.33. The van der Waals surface area contributed by atoms with E-state index in [0.717, 1.165) is 0 Å². The molecule has 0 saturated heterocycles. The van der Waals surface area contributed by atoms with Gasteiger partial charge in [0.1, 0.15) is 18.2 Å². The lowest BCUT2D eigenvalue weighted by Crippen LogP contribution is -2.16. The highest BCUT2D eigenvalue weighted by Gasteiger charge is 2.15. The summed E-state index contributed by atoms with van der Waals surface area (Å²) in [7, 11) is 2.94. The van der Waals surface area contributed by atoms with E-state index in [1.165, 1.54) is 14.2 Å². The molecule has 1 atom stereocenters. The van der Waals surface area contributed by atoms with Gasteiger partial charge in [0.15, 0.2) is 0 Å². The number of nitrogens with two attached hydrogens (primary N) is 1. The monoisotopic (exact) mass is 229 g/mol. The van der Waals surface area contributed by atoms with Gasteiger partial charge in [0.05, 0.1) is 26.9 Å². The predicted molar refractivity (Wildman–Crippen MR) is 58.4 cm³/mol. The van der Waals surface area contributed by atoms with E-state index in [-0.39, 0.29) is 6.61 Å². The minimum Gasteiger partial charge on any atom is -0.496 e. The molecule has 0 aliphatic carbocycles. The van der Waals surface area contributed by atoms with Gasteiger partial charge in [-0.25, -0.2) is 4.39 Å². The molecular weight excluding hydrogens is 213 g/mol. The van der Waals surface area contributed by atoms with Crippen molar-refractivity contribution in [1.29, 1.82) is 0 Å². The van der Waals surface area contributed by atoms with Crippen LogP contribution in [-0.4, -0.2) is 25.9 Å². The molecule has 0 aromatic heterocycles. The van der Waals surface area contributed by atoms with Crippen LogP contribution in [0.4, 0.5) is 4.39 Å². The van der Waals surface area contributed by atoms with E-state index < -0.39 is 12.7 Å². The summed E-state index contributed by atoms with van der Waals surface area (Å²) in [5, 5.41) is 8.99. The predicted octanol–water partition coefficient (Wildman–Crippen LogP) is 1.17. The molecule has 1 unspecified atom stereocenters. The summed E-state index contributed by atoms with van der Waals surface area (Å²) in [5.41, 5.74) is 6.65. The van der Waals surface area contributed by atoms with Gasteiger partial charge in [0.2, 0.25) is 0 Å². The summed E-state index contributed by atoms with van der Waals surface area (Å²) >= 11 is 0. The third-order valence-corrected chi connectivity index (χ3v) is 2.37. The Labute approximate surface area is 93.8 Å². The first kappa shape index (κ1) is 12.7. The summed E-state index contributed by atoms with van der Waals surface area (Å²) in [4.78, 5) is 0. The standard InChI is InChI=1S/C11H16FNO3/c1-15-10-4-11(16-2)8(9(13)6-14)3-7(10)5-12/h3-4,9,14H,5-6,13H2,1-2H3. The number of alkyl halides is 1. The zero-order chi connectivity index (χ0) is 12.1. The molecule has 0 aliphatic heterocycles. The molecule has 1 aromatic carbocycles. The molecule has 90 valence electrons.